The Bertz CT molecular complexity index is 470. The fraction of sp³-hybridized carbons (Fsp3) is 0.286. The van der Waals surface area contributed by atoms with Crippen molar-refractivity contribution in [2.45, 2.75) is 25.9 Å². The molecule has 0 spiro atoms. The monoisotopic (exact) mass is 261 g/mol. The molecule has 0 saturated heterocycles. The molecule has 0 amide bonds. The second-order valence-electron chi connectivity index (χ2n) is 4.14. The highest BCUT2D eigenvalue weighted by Crippen LogP contribution is 2.19. The average molecular weight is 262 g/mol. The molecule has 3 nitrogen and oxygen atoms in total. The molecule has 1 heterocycles. The number of hydrogen-bond donors (Lipinski definition) is 1. The fourth-order valence-electron chi connectivity index (χ4n) is 1.86. The highest BCUT2D eigenvalue weighted by Gasteiger charge is 2.08. The molecule has 0 aliphatic carbocycles. The molecule has 1 aromatic carbocycles. The normalized spacial score (nSPS) is 12.3. The van der Waals surface area contributed by atoms with Gasteiger partial charge in [0.05, 0.1) is 0 Å². The maximum absolute atomic E-state index is 5.90. The summed E-state index contributed by atoms with van der Waals surface area (Å²) in [6.07, 6.45) is 6.22. The van der Waals surface area contributed by atoms with E-state index in [1.807, 2.05) is 24.5 Å². The van der Waals surface area contributed by atoms with Crippen LogP contribution in [0.1, 0.15) is 30.5 Å². The van der Waals surface area contributed by atoms with Crippen LogP contribution < -0.4 is 5.32 Å². The Hall–Kier alpha value is -1.45. The zero-order valence-electron chi connectivity index (χ0n) is 10.3. The third kappa shape index (κ3) is 3.52. The first-order valence-corrected chi connectivity index (χ1v) is 6.40. The molecule has 1 N–H and O–H groups in total. The van der Waals surface area contributed by atoms with E-state index in [1.165, 1.54) is 5.56 Å². The summed E-state index contributed by atoms with van der Waals surface area (Å²) in [5.74, 6) is 0. The topological polar surface area (TPSA) is 37.8 Å². The van der Waals surface area contributed by atoms with Crippen LogP contribution in [-0.4, -0.2) is 9.97 Å². The molecule has 0 aliphatic rings. The van der Waals surface area contributed by atoms with Crippen LogP contribution in [0.25, 0.3) is 0 Å². The van der Waals surface area contributed by atoms with Gasteiger partial charge in [-0.25, -0.2) is 9.97 Å². The molecule has 1 aromatic heterocycles. The Balaban J connectivity index is 1.99. The third-order valence-electron chi connectivity index (χ3n) is 2.85. The first-order valence-electron chi connectivity index (χ1n) is 6.02. The van der Waals surface area contributed by atoms with Crippen LogP contribution >= 0.6 is 11.6 Å². The summed E-state index contributed by atoms with van der Waals surface area (Å²) < 4.78 is 0. The van der Waals surface area contributed by atoms with Gasteiger partial charge in [0.25, 0.3) is 0 Å². The minimum Gasteiger partial charge on any atom is -0.306 e. The number of nitrogens with zero attached hydrogens (tertiary/aromatic N) is 2. The third-order valence-corrected chi connectivity index (χ3v) is 3.10. The Kier molecular flexibility index (Phi) is 4.67. The molecule has 0 bridgehead atoms. The predicted molar refractivity (Wildman–Crippen MR) is 73.4 cm³/mol. The second kappa shape index (κ2) is 6.47. The van der Waals surface area contributed by atoms with Gasteiger partial charge in [0.1, 0.15) is 6.33 Å². The van der Waals surface area contributed by atoms with Crippen LogP contribution in [0.2, 0.25) is 5.02 Å². The van der Waals surface area contributed by atoms with Gasteiger partial charge in [-0.1, -0.05) is 30.7 Å². The lowest BCUT2D eigenvalue weighted by atomic mass is 10.0. The van der Waals surface area contributed by atoms with Crippen molar-refractivity contribution in [3.8, 4) is 0 Å². The Morgan fingerprint density at radius 2 is 1.83 bits per heavy atom. The maximum Gasteiger partial charge on any atom is 0.115 e. The first kappa shape index (κ1) is 13.0. The Morgan fingerprint density at radius 1 is 1.17 bits per heavy atom. The van der Waals surface area contributed by atoms with Crippen LogP contribution in [-0.2, 0) is 6.54 Å². The number of halogens is 1. The molecule has 2 aromatic rings. The zero-order valence-corrected chi connectivity index (χ0v) is 11.1. The molecule has 0 radical (unpaired) electrons. The minimum atomic E-state index is 0.322. The molecule has 0 aliphatic heterocycles. The lowest BCUT2D eigenvalue weighted by Crippen LogP contribution is -2.20. The molecule has 2 rings (SSSR count). The lowest BCUT2D eigenvalue weighted by molar-refractivity contribution is 0.518. The van der Waals surface area contributed by atoms with Crippen molar-refractivity contribution < 1.29 is 0 Å². The SMILES string of the molecule is CCC(NCc1cncnc1)c1ccc(Cl)cc1. The summed E-state index contributed by atoms with van der Waals surface area (Å²) >= 11 is 5.90. The fourth-order valence-corrected chi connectivity index (χ4v) is 1.98. The van der Waals surface area contributed by atoms with Gasteiger partial charge in [0.15, 0.2) is 0 Å². The Labute approximate surface area is 112 Å². The van der Waals surface area contributed by atoms with Crippen molar-refractivity contribution >= 4 is 11.6 Å². The van der Waals surface area contributed by atoms with Crippen LogP contribution in [0.4, 0.5) is 0 Å². The molecular formula is C14H16ClN3. The highest BCUT2D eigenvalue weighted by atomic mass is 35.5. The summed E-state index contributed by atoms with van der Waals surface area (Å²) in [5.41, 5.74) is 2.34. The van der Waals surface area contributed by atoms with Gasteiger partial charge >= 0.3 is 0 Å². The van der Waals surface area contributed by atoms with E-state index >= 15 is 0 Å². The maximum atomic E-state index is 5.90. The van der Waals surface area contributed by atoms with Crippen molar-refractivity contribution in [2.24, 2.45) is 0 Å². The summed E-state index contributed by atoms with van der Waals surface area (Å²) in [5, 5.41) is 4.27. The van der Waals surface area contributed by atoms with Crippen molar-refractivity contribution in [2.75, 3.05) is 0 Å². The van der Waals surface area contributed by atoms with Gasteiger partial charge in [0.2, 0.25) is 0 Å². The van der Waals surface area contributed by atoms with Crippen molar-refractivity contribution in [3.63, 3.8) is 0 Å². The highest BCUT2D eigenvalue weighted by molar-refractivity contribution is 6.30. The van der Waals surface area contributed by atoms with Crippen molar-refractivity contribution in [3.05, 3.63) is 59.1 Å². The summed E-state index contributed by atoms with van der Waals surface area (Å²) in [4.78, 5) is 8.01. The first-order chi connectivity index (χ1) is 8.79. The van der Waals surface area contributed by atoms with E-state index in [0.29, 0.717) is 6.04 Å². The Morgan fingerprint density at radius 3 is 2.44 bits per heavy atom. The smallest absolute Gasteiger partial charge is 0.115 e. The van der Waals surface area contributed by atoms with Crippen LogP contribution in [0, 0.1) is 0 Å². The van der Waals surface area contributed by atoms with Gasteiger partial charge in [-0.05, 0) is 24.1 Å². The van der Waals surface area contributed by atoms with Crippen molar-refractivity contribution in [1.29, 1.82) is 0 Å². The molecule has 0 fully saturated rings. The quantitative estimate of drug-likeness (QED) is 0.897. The van der Waals surface area contributed by atoms with E-state index < -0.39 is 0 Å². The van der Waals surface area contributed by atoms with Gasteiger partial charge in [-0.2, -0.15) is 0 Å². The minimum absolute atomic E-state index is 0.322. The second-order valence-corrected chi connectivity index (χ2v) is 4.58. The number of hydrogen-bond acceptors (Lipinski definition) is 3. The molecule has 1 atom stereocenters. The molecule has 0 saturated carbocycles. The molecular weight excluding hydrogens is 246 g/mol. The van der Waals surface area contributed by atoms with E-state index in [0.717, 1.165) is 23.6 Å². The van der Waals surface area contributed by atoms with Gasteiger partial charge in [-0.15, -0.1) is 0 Å². The van der Waals surface area contributed by atoms with Gasteiger partial charge < -0.3 is 5.32 Å². The summed E-state index contributed by atoms with van der Waals surface area (Å²) in [6.45, 7) is 2.93. The predicted octanol–water partition coefficient (Wildman–Crippen LogP) is 3.37. The number of nitrogens with one attached hydrogen (secondary N) is 1. The molecule has 18 heavy (non-hydrogen) atoms. The number of benzene rings is 1. The molecule has 94 valence electrons. The molecule has 4 heteroatoms. The van der Waals surface area contributed by atoms with Gasteiger partial charge in [0, 0.05) is 35.6 Å². The van der Waals surface area contributed by atoms with Gasteiger partial charge in [-0.3, -0.25) is 0 Å². The van der Waals surface area contributed by atoms with Crippen LogP contribution in [0.15, 0.2) is 43.0 Å². The average Bonchev–Trinajstić information content (AvgIpc) is 2.42. The lowest BCUT2D eigenvalue weighted by Gasteiger charge is -2.17. The zero-order chi connectivity index (χ0) is 12.8. The summed E-state index contributed by atoms with van der Waals surface area (Å²) in [7, 11) is 0. The standard InChI is InChI=1S/C14H16ClN3/c1-2-14(12-3-5-13(15)6-4-12)18-9-11-7-16-10-17-8-11/h3-8,10,14,18H,2,9H2,1H3. The largest absolute Gasteiger partial charge is 0.306 e. The van der Waals surface area contributed by atoms with E-state index in [-0.39, 0.29) is 0 Å². The number of aromatic nitrogens is 2. The van der Waals surface area contributed by atoms with E-state index in [9.17, 15) is 0 Å². The van der Waals surface area contributed by atoms with E-state index in [1.54, 1.807) is 6.33 Å². The van der Waals surface area contributed by atoms with Crippen molar-refractivity contribution in [1.82, 2.24) is 15.3 Å². The van der Waals surface area contributed by atoms with Crippen LogP contribution in [0.5, 0.6) is 0 Å². The van der Waals surface area contributed by atoms with Crippen LogP contribution in [0.3, 0.4) is 0 Å². The molecule has 1 unspecified atom stereocenters. The number of rotatable bonds is 5. The van der Waals surface area contributed by atoms with E-state index in [2.05, 4.69) is 34.3 Å². The summed E-state index contributed by atoms with van der Waals surface area (Å²) in [6, 6.07) is 8.29. The van der Waals surface area contributed by atoms with E-state index in [4.69, 9.17) is 11.6 Å².